The fourth-order valence-corrected chi connectivity index (χ4v) is 4.36. The third-order valence-corrected chi connectivity index (χ3v) is 5.77. The zero-order chi connectivity index (χ0) is 12.7. The topological polar surface area (TPSA) is 61.8 Å². The Kier molecular flexibility index (Phi) is 3.16. The second-order valence-corrected chi connectivity index (χ2v) is 7.00. The number of hydrogen-bond donors (Lipinski definition) is 2. The minimum absolute atomic E-state index is 0.612. The van der Waals surface area contributed by atoms with Gasteiger partial charge in [-0.2, -0.15) is 5.26 Å². The van der Waals surface area contributed by atoms with Crippen molar-refractivity contribution in [1.29, 1.82) is 5.26 Å². The molecule has 0 bridgehead atoms. The maximum atomic E-state index is 9.07. The lowest BCUT2D eigenvalue weighted by Gasteiger charge is -2.18. The molecular formula is C13H17N3S2. The average Bonchev–Trinajstić information content (AvgIpc) is 3.25. The highest BCUT2D eigenvalue weighted by Crippen LogP contribution is 2.49. The molecule has 0 aromatic carbocycles. The van der Waals surface area contributed by atoms with E-state index in [0.717, 1.165) is 21.7 Å². The zero-order valence-electron chi connectivity index (χ0n) is 10.4. The summed E-state index contributed by atoms with van der Waals surface area (Å²) in [6, 6.07) is 2.81. The minimum atomic E-state index is 0.612. The number of nitrogens with one attached hydrogen (secondary N) is 1. The van der Waals surface area contributed by atoms with Crippen molar-refractivity contribution in [3.63, 3.8) is 0 Å². The number of nitriles is 1. The molecule has 1 aromatic heterocycles. The lowest BCUT2D eigenvalue weighted by molar-refractivity contribution is 0.568. The smallest absolute Gasteiger partial charge is 0.131 e. The van der Waals surface area contributed by atoms with Crippen LogP contribution in [0.15, 0.2) is 4.90 Å². The Bertz CT molecular complexity index is 483. The second-order valence-electron chi connectivity index (χ2n) is 5.16. The van der Waals surface area contributed by atoms with Crippen LogP contribution in [0.2, 0.25) is 0 Å². The van der Waals surface area contributed by atoms with Crippen molar-refractivity contribution < 1.29 is 0 Å². The van der Waals surface area contributed by atoms with Crippen molar-refractivity contribution in [2.24, 2.45) is 11.8 Å². The quantitative estimate of drug-likeness (QED) is 0.809. The first-order valence-electron chi connectivity index (χ1n) is 6.37. The molecule has 0 aliphatic heterocycles. The number of hydrogen-bond acceptors (Lipinski definition) is 5. The van der Waals surface area contributed by atoms with E-state index in [0.29, 0.717) is 16.6 Å². The van der Waals surface area contributed by atoms with Crippen molar-refractivity contribution in [3.8, 4) is 6.07 Å². The SMILES string of the molecule is CSc1c(NC(C2CC2)C2CC2)sc(C#N)c1N. The van der Waals surface area contributed by atoms with E-state index in [-0.39, 0.29) is 0 Å². The van der Waals surface area contributed by atoms with E-state index >= 15 is 0 Å². The molecule has 96 valence electrons. The molecule has 3 nitrogen and oxygen atoms in total. The fraction of sp³-hybridized carbons (Fsp3) is 0.615. The summed E-state index contributed by atoms with van der Waals surface area (Å²) in [7, 11) is 0. The molecule has 0 saturated heterocycles. The lowest BCUT2D eigenvalue weighted by atomic mass is 10.1. The predicted molar refractivity (Wildman–Crippen MR) is 78.1 cm³/mol. The standard InChI is InChI=1S/C13H17N3S2/c1-17-12-10(15)9(6-14)18-13(12)16-11(7-2-3-7)8-4-5-8/h7-8,11,16H,2-5,15H2,1H3. The van der Waals surface area contributed by atoms with Crippen LogP contribution in [0.4, 0.5) is 10.7 Å². The number of thioether (sulfide) groups is 1. The van der Waals surface area contributed by atoms with Crippen LogP contribution in [0.5, 0.6) is 0 Å². The third kappa shape index (κ3) is 2.19. The van der Waals surface area contributed by atoms with Gasteiger partial charge < -0.3 is 11.1 Å². The first kappa shape index (κ1) is 12.2. The van der Waals surface area contributed by atoms with Crippen molar-refractivity contribution in [1.82, 2.24) is 0 Å². The van der Waals surface area contributed by atoms with Crippen LogP contribution in [0.3, 0.4) is 0 Å². The summed E-state index contributed by atoms with van der Waals surface area (Å²) in [5.41, 5.74) is 6.67. The molecule has 2 aliphatic rings. The van der Waals surface area contributed by atoms with Gasteiger partial charge in [-0.1, -0.05) is 0 Å². The molecular weight excluding hydrogens is 262 g/mol. The summed E-state index contributed by atoms with van der Waals surface area (Å²) >= 11 is 3.15. The van der Waals surface area contributed by atoms with Crippen molar-refractivity contribution in [3.05, 3.63) is 4.88 Å². The van der Waals surface area contributed by atoms with Gasteiger partial charge >= 0.3 is 0 Å². The van der Waals surface area contributed by atoms with E-state index in [1.807, 2.05) is 6.26 Å². The van der Waals surface area contributed by atoms with Crippen LogP contribution >= 0.6 is 23.1 Å². The number of nitrogens with zero attached hydrogens (tertiary/aromatic N) is 1. The Morgan fingerprint density at radius 3 is 2.44 bits per heavy atom. The molecule has 5 heteroatoms. The van der Waals surface area contributed by atoms with Gasteiger partial charge in [0.05, 0.1) is 10.6 Å². The molecule has 0 radical (unpaired) electrons. The normalized spacial score (nSPS) is 18.9. The highest BCUT2D eigenvalue weighted by atomic mass is 32.2. The highest BCUT2D eigenvalue weighted by Gasteiger charge is 2.42. The molecule has 1 aromatic rings. The first-order chi connectivity index (χ1) is 8.74. The summed E-state index contributed by atoms with van der Waals surface area (Å²) in [5.74, 6) is 1.70. The number of thiophene rings is 1. The van der Waals surface area contributed by atoms with Crippen LogP contribution in [0.25, 0.3) is 0 Å². The van der Waals surface area contributed by atoms with Gasteiger partial charge in [-0.25, -0.2) is 0 Å². The largest absolute Gasteiger partial charge is 0.396 e. The van der Waals surface area contributed by atoms with Gasteiger partial charge in [0.2, 0.25) is 0 Å². The van der Waals surface area contributed by atoms with E-state index in [2.05, 4.69) is 11.4 Å². The molecule has 0 atom stereocenters. The van der Waals surface area contributed by atoms with Gasteiger partial charge in [-0.15, -0.1) is 23.1 Å². The summed E-state index contributed by atoms with van der Waals surface area (Å²) in [6.45, 7) is 0. The highest BCUT2D eigenvalue weighted by molar-refractivity contribution is 7.99. The van der Waals surface area contributed by atoms with E-state index in [1.165, 1.54) is 37.0 Å². The summed E-state index contributed by atoms with van der Waals surface area (Å²) in [5, 5.41) is 13.9. The Hall–Kier alpha value is -0.860. The Morgan fingerprint density at radius 1 is 1.39 bits per heavy atom. The molecule has 2 aliphatic carbocycles. The number of anilines is 2. The molecule has 2 fully saturated rings. The molecule has 3 rings (SSSR count). The van der Waals surface area contributed by atoms with Crippen LogP contribution < -0.4 is 11.1 Å². The van der Waals surface area contributed by atoms with Crippen molar-refractivity contribution in [2.45, 2.75) is 36.6 Å². The molecule has 2 saturated carbocycles. The molecule has 18 heavy (non-hydrogen) atoms. The number of rotatable bonds is 5. The van der Waals surface area contributed by atoms with Crippen LogP contribution in [0, 0.1) is 23.2 Å². The van der Waals surface area contributed by atoms with E-state index in [1.54, 1.807) is 11.8 Å². The van der Waals surface area contributed by atoms with Crippen LogP contribution in [-0.4, -0.2) is 12.3 Å². The van der Waals surface area contributed by atoms with Gasteiger partial charge in [-0.05, 0) is 43.8 Å². The van der Waals surface area contributed by atoms with Gasteiger partial charge in [0, 0.05) is 6.04 Å². The lowest BCUT2D eigenvalue weighted by Crippen LogP contribution is -2.23. The maximum absolute atomic E-state index is 9.07. The van der Waals surface area contributed by atoms with Crippen LogP contribution in [-0.2, 0) is 0 Å². The maximum Gasteiger partial charge on any atom is 0.131 e. The Morgan fingerprint density at radius 2 is 2.00 bits per heavy atom. The van der Waals surface area contributed by atoms with E-state index in [9.17, 15) is 0 Å². The van der Waals surface area contributed by atoms with Gasteiger partial charge in [0.25, 0.3) is 0 Å². The molecule has 0 spiro atoms. The van der Waals surface area contributed by atoms with Gasteiger partial charge in [0.1, 0.15) is 15.9 Å². The van der Waals surface area contributed by atoms with Gasteiger partial charge in [-0.3, -0.25) is 0 Å². The average molecular weight is 279 g/mol. The number of nitrogens with two attached hydrogens (primary N) is 1. The van der Waals surface area contributed by atoms with E-state index in [4.69, 9.17) is 11.0 Å². The fourth-order valence-electron chi connectivity index (χ4n) is 2.49. The molecule has 0 amide bonds. The second kappa shape index (κ2) is 4.67. The van der Waals surface area contributed by atoms with Crippen LogP contribution in [0.1, 0.15) is 30.6 Å². The predicted octanol–water partition coefficient (Wildman–Crippen LogP) is 3.52. The zero-order valence-corrected chi connectivity index (χ0v) is 12.0. The molecule has 1 heterocycles. The Balaban J connectivity index is 1.84. The third-order valence-electron chi connectivity index (χ3n) is 3.76. The summed E-state index contributed by atoms with van der Waals surface area (Å²) in [4.78, 5) is 1.70. The Labute approximate surface area is 116 Å². The summed E-state index contributed by atoms with van der Waals surface area (Å²) < 4.78 is 0. The summed E-state index contributed by atoms with van der Waals surface area (Å²) in [6.07, 6.45) is 7.45. The van der Waals surface area contributed by atoms with E-state index < -0.39 is 0 Å². The van der Waals surface area contributed by atoms with Crippen molar-refractivity contribution in [2.75, 3.05) is 17.3 Å². The number of nitrogen functional groups attached to an aromatic ring is 1. The molecule has 3 N–H and O–H groups in total. The van der Waals surface area contributed by atoms with Crippen molar-refractivity contribution >= 4 is 33.8 Å². The monoisotopic (exact) mass is 279 g/mol. The molecule has 0 unspecified atom stereocenters. The minimum Gasteiger partial charge on any atom is -0.396 e. The van der Waals surface area contributed by atoms with Gasteiger partial charge in [0.15, 0.2) is 0 Å². The first-order valence-corrected chi connectivity index (χ1v) is 8.41.